The highest BCUT2D eigenvalue weighted by atomic mass is 79.9. The molecule has 1 amide bonds. The number of nitrogens with one attached hydrogen (secondary N) is 1. The Morgan fingerprint density at radius 1 is 1.29 bits per heavy atom. The maximum Gasteiger partial charge on any atom is 0.340 e. The minimum atomic E-state index is -0.861. The highest BCUT2D eigenvalue weighted by Crippen LogP contribution is 2.34. The van der Waals surface area contributed by atoms with Crippen molar-refractivity contribution < 1.29 is 14.3 Å². The second-order valence-electron chi connectivity index (χ2n) is 5.12. The van der Waals surface area contributed by atoms with Crippen molar-refractivity contribution >= 4 is 49.4 Å². The van der Waals surface area contributed by atoms with E-state index in [-0.39, 0.29) is 11.5 Å². The number of benzene rings is 1. The smallest absolute Gasteiger partial charge is 0.340 e. The molecule has 5 nitrogen and oxygen atoms in total. The van der Waals surface area contributed by atoms with Gasteiger partial charge in [0.25, 0.3) is 0 Å². The van der Waals surface area contributed by atoms with Crippen LogP contribution in [0.4, 0.5) is 5.69 Å². The van der Waals surface area contributed by atoms with E-state index in [0.29, 0.717) is 27.5 Å². The third kappa shape index (κ3) is 3.46. The first-order chi connectivity index (χ1) is 9.87. The fraction of sp³-hybridized carbons (Fsp3) is 0.429. The monoisotopic (exact) mass is 418 g/mol. The summed E-state index contributed by atoms with van der Waals surface area (Å²) in [4.78, 5) is 24.3. The Kier molecular flexibility index (Phi) is 5.06. The van der Waals surface area contributed by atoms with E-state index in [9.17, 15) is 9.59 Å². The number of carbonyl (C=O) groups excluding carboxylic acids is 2. The van der Waals surface area contributed by atoms with Crippen LogP contribution in [0.25, 0.3) is 0 Å². The van der Waals surface area contributed by atoms with Crippen LogP contribution in [0.15, 0.2) is 21.1 Å². The van der Waals surface area contributed by atoms with Gasteiger partial charge in [-0.05, 0) is 40.9 Å². The third-order valence-electron chi connectivity index (χ3n) is 3.65. The molecule has 1 aromatic rings. The Balaban J connectivity index is 2.35. The number of methoxy groups -OCH3 is 1. The second kappa shape index (κ2) is 6.46. The van der Waals surface area contributed by atoms with E-state index in [0.717, 1.165) is 12.8 Å². The molecule has 7 heteroatoms. The Labute approximate surface area is 139 Å². The molecule has 0 saturated heterocycles. The number of amides is 1. The highest BCUT2D eigenvalue weighted by Gasteiger charge is 2.37. The summed E-state index contributed by atoms with van der Waals surface area (Å²) in [5, 5.41) is 2.77. The van der Waals surface area contributed by atoms with E-state index < -0.39 is 11.5 Å². The quantitative estimate of drug-likeness (QED) is 0.737. The number of hydrogen-bond acceptors (Lipinski definition) is 4. The zero-order valence-electron chi connectivity index (χ0n) is 11.5. The second-order valence-corrected chi connectivity index (χ2v) is 6.89. The van der Waals surface area contributed by atoms with Crippen LogP contribution in [-0.4, -0.2) is 24.5 Å². The molecule has 3 N–H and O–H groups in total. The summed E-state index contributed by atoms with van der Waals surface area (Å²) < 4.78 is 6.05. The van der Waals surface area contributed by atoms with Crippen LogP contribution >= 0.6 is 31.9 Å². The molecular formula is C14H16Br2N2O3. The third-order valence-corrected chi connectivity index (χ3v) is 4.73. The van der Waals surface area contributed by atoms with Gasteiger partial charge in [0.05, 0.1) is 23.9 Å². The molecule has 0 aliphatic heterocycles. The van der Waals surface area contributed by atoms with Crippen molar-refractivity contribution in [3.05, 3.63) is 26.6 Å². The van der Waals surface area contributed by atoms with Crippen LogP contribution in [0.2, 0.25) is 0 Å². The van der Waals surface area contributed by atoms with Gasteiger partial charge in [-0.3, -0.25) is 4.79 Å². The fourth-order valence-electron chi connectivity index (χ4n) is 2.44. The van der Waals surface area contributed by atoms with E-state index in [4.69, 9.17) is 10.5 Å². The number of carbonyl (C=O) groups is 2. The maximum absolute atomic E-state index is 12.4. The summed E-state index contributed by atoms with van der Waals surface area (Å²) in [6.07, 6.45) is 3.19. The number of halogens is 2. The predicted octanol–water partition coefficient (Wildman–Crippen LogP) is 3.21. The lowest BCUT2D eigenvalue weighted by Crippen LogP contribution is -2.48. The lowest BCUT2D eigenvalue weighted by Gasteiger charge is -2.23. The first-order valence-corrected chi connectivity index (χ1v) is 8.14. The molecule has 1 aromatic carbocycles. The predicted molar refractivity (Wildman–Crippen MR) is 87.2 cm³/mol. The van der Waals surface area contributed by atoms with Crippen molar-refractivity contribution in [3.63, 3.8) is 0 Å². The number of esters is 1. The van der Waals surface area contributed by atoms with Gasteiger partial charge in [-0.2, -0.15) is 0 Å². The molecule has 1 aliphatic carbocycles. The largest absolute Gasteiger partial charge is 0.465 e. The standard InChI is InChI=1S/C14H16Br2N2O3/c1-21-12(19)9-6-8(15)7-10(16)11(9)18-13(20)14(17)4-2-3-5-14/h6-7H,2-5,17H2,1H3,(H,18,20). The molecule has 0 aromatic heterocycles. The highest BCUT2D eigenvalue weighted by molar-refractivity contribution is 9.11. The van der Waals surface area contributed by atoms with Crippen LogP contribution < -0.4 is 11.1 Å². The van der Waals surface area contributed by atoms with E-state index in [2.05, 4.69) is 37.2 Å². The van der Waals surface area contributed by atoms with Gasteiger partial charge in [0, 0.05) is 8.95 Å². The van der Waals surface area contributed by atoms with E-state index in [1.165, 1.54) is 7.11 Å². The van der Waals surface area contributed by atoms with Crippen molar-refractivity contribution in [1.82, 2.24) is 0 Å². The van der Waals surface area contributed by atoms with E-state index in [1.807, 2.05) is 0 Å². The van der Waals surface area contributed by atoms with Crippen molar-refractivity contribution in [2.75, 3.05) is 12.4 Å². The molecule has 1 aliphatic rings. The van der Waals surface area contributed by atoms with Crippen molar-refractivity contribution in [1.29, 1.82) is 0 Å². The molecule has 0 spiro atoms. The molecule has 0 heterocycles. The average molecular weight is 420 g/mol. The molecule has 114 valence electrons. The van der Waals surface area contributed by atoms with Gasteiger partial charge in [-0.25, -0.2) is 4.79 Å². The summed E-state index contributed by atoms with van der Waals surface area (Å²) in [6.45, 7) is 0. The SMILES string of the molecule is COC(=O)c1cc(Br)cc(Br)c1NC(=O)C1(N)CCCC1. The molecular weight excluding hydrogens is 404 g/mol. The Morgan fingerprint density at radius 2 is 1.90 bits per heavy atom. The average Bonchev–Trinajstić information content (AvgIpc) is 2.88. The number of nitrogens with two attached hydrogens (primary N) is 1. The first kappa shape index (κ1) is 16.5. The topological polar surface area (TPSA) is 81.4 Å². The number of anilines is 1. The summed E-state index contributed by atoms with van der Waals surface area (Å²) in [5.41, 5.74) is 5.93. The van der Waals surface area contributed by atoms with Crippen LogP contribution in [0.5, 0.6) is 0 Å². The number of rotatable bonds is 3. The van der Waals surface area contributed by atoms with Gasteiger partial charge in [0.1, 0.15) is 0 Å². The molecule has 21 heavy (non-hydrogen) atoms. The lowest BCUT2D eigenvalue weighted by molar-refractivity contribution is -0.121. The summed E-state index contributed by atoms with van der Waals surface area (Å²) in [7, 11) is 1.30. The minimum Gasteiger partial charge on any atom is -0.465 e. The molecule has 0 atom stereocenters. The van der Waals surface area contributed by atoms with Crippen molar-refractivity contribution in [3.8, 4) is 0 Å². The Bertz CT molecular complexity index is 584. The summed E-state index contributed by atoms with van der Waals surface area (Å²) in [5.74, 6) is -0.794. The van der Waals surface area contributed by atoms with Crippen molar-refractivity contribution in [2.45, 2.75) is 31.2 Å². The minimum absolute atomic E-state index is 0.270. The Morgan fingerprint density at radius 3 is 2.48 bits per heavy atom. The van der Waals surface area contributed by atoms with Crippen LogP contribution in [0, 0.1) is 0 Å². The zero-order valence-corrected chi connectivity index (χ0v) is 14.7. The van der Waals surface area contributed by atoms with E-state index in [1.54, 1.807) is 12.1 Å². The molecule has 0 radical (unpaired) electrons. The van der Waals surface area contributed by atoms with Gasteiger partial charge >= 0.3 is 5.97 Å². The molecule has 0 unspecified atom stereocenters. The van der Waals surface area contributed by atoms with Gasteiger partial charge in [0.2, 0.25) is 5.91 Å². The van der Waals surface area contributed by atoms with Crippen LogP contribution in [0.3, 0.4) is 0 Å². The van der Waals surface area contributed by atoms with Gasteiger partial charge in [-0.1, -0.05) is 28.8 Å². The molecule has 2 rings (SSSR count). The van der Waals surface area contributed by atoms with Gasteiger partial charge in [-0.15, -0.1) is 0 Å². The number of ether oxygens (including phenoxy) is 1. The summed E-state index contributed by atoms with van der Waals surface area (Å²) in [6, 6.07) is 3.35. The maximum atomic E-state index is 12.4. The fourth-order valence-corrected chi connectivity index (χ4v) is 3.77. The normalized spacial score (nSPS) is 16.6. The summed E-state index contributed by atoms with van der Waals surface area (Å²) >= 11 is 6.67. The van der Waals surface area contributed by atoms with Crippen LogP contribution in [0.1, 0.15) is 36.0 Å². The molecule has 1 fully saturated rings. The van der Waals surface area contributed by atoms with Gasteiger partial charge in [0.15, 0.2) is 0 Å². The number of hydrogen-bond donors (Lipinski definition) is 2. The van der Waals surface area contributed by atoms with Crippen molar-refractivity contribution in [2.24, 2.45) is 5.73 Å². The Hall–Kier alpha value is -0.920. The van der Waals surface area contributed by atoms with Crippen LogP contribution in [-0.2, 0) is 9.53 Å². The van der Waals surface area contributed by atoms with E-state index >= 15 is 0 Å². The first-order valence-electron chi connectivity index (χ1n) is 6.55. The lowest BCUT2D eigenvalue weighted by atomic mass is 9.97. The molecule has 1 saturated carbocycles. The molecule has 0 bridgehead atoms. The van der Waals surface area contributed by atoms with Gasteiger partial charge < -0.3 is 15.8 Å². The zero-order chi connectivity index (χ0) is 15.6.